The third-order valence-electron chi connectivity index (χ3n) is 5.78. The third kappa shape index (κ3) is 4.88. The van der Waals surface area contributed by atoms with Crippen LogP contribution in [-0.2, 0) is 14.9 Å². The maximum absolute atomic E-state index is 12.3. The summed E-state index contributed by atoms with van der Waals surface area (Å²) in [5.41, 5.74) is 1.99. The van der Waals surface area contributed by atoms with Crippen LogP contribution < -0.4 is 10.6 Å². The lowest BCUT2D eigenvalue weighted by molar-refractivity contribution is -0.124. The molecule has 32 heavy (non-hydrogen) atoms. The smallest absolute Gasteiger partial charge is 0.338 e. The fraction of sp³-hybridized carbons (Fsp3) is 0.240. The molecule has 1 saturated carbocycles. The Morgan fingerprint density at radius 1 is 0.938 bits per heavy atom. The van der Waals surface area contributed by atoms with Gasteiger partial charge in [-0.05, 0) is 54.8 Å². The molecule has 1 fully saturated rings. The van der Waals surface area contributed by atoms with Crippen LogP contribution >= 0.6 is 0 Å². The van der Waals surface area contributed by atoms with Gasteiger partial charge in [0, 0.05) is 17.6 Å². The Balaban J connectivity index is 1.24. The topological polar surface area (TPSA) is 97.6 Å². The molecule has 3 aromatic rings. The minimum absolute atomic E-state index is 0.0309. The Morgan fingerprint density at radius 3 is 2.31 bits per heavy atom. The second-order valence-corrected chi connectivity index (χ2v) is 7.86. The van der Waals surface area contributed by atoms with E-state index < -0.39 is 5.97 Å². The van der Waals surface area contributed by atoms with Gasteiger partial charge in [-0.2, -0.15) is 0 Å². The van der Waals surface area contributed by atoms with Gasteiger partial charge in [-0.1, -0.05) is 36.8 Å². The molecule has 0 atom stereocenters. The molecule has 2 aromatic carbocycles. The molecule has 4 rings (SSSR count). The molecule has 1 heterocycles. The van der Waals surface area contributed by atoms with Crippen molar-refractivity contribution in [3.05, 3.63) is 89.9 Å². The van der Waals surface area contributed by atoms with E-state index >= 15 is 0 Å². The van der Waals surface area contributed by atoms with E-state index in [0.29, 0.717) is 12.2 Å². The summed E-state index contributed by atoms with van der Waals surface area (Å²) in [5.74, 6) is -1.13. The van der Waals surface area contributed by atoms with Crippen LogP contribution in [0, 0.1) is 0 Å². The normalized spacial score (nSPS) is 14.1. The number of hydrogen-bond acceptors (Lipinski definition) is 5. The number of hydrogen-bond donors (Lipinski definition) is 2. The zero-order valence-corrected chi connectivity index (χ0v) is 17.5. The summed E-state index contributed by atoms with van der Waals surface area (Å²) in [7, 11) is 0. The lowest BCUT2D eigenvalue weighted by Crippen LogP contribution is -2.46. The van der Waals surface area contributed by atoms with E-state index in [4.69, 9.17) is 9.15 Å². The van der Waals surface area contributed by atoms with E-state index in [1.807, 2.05) is 18.2 Å². The zero-order valence-electron chi connectivity index (χ0n) is 17.5. The summed E-state index contributed by atoms with van der Waals surface area (Å²) >= 11 is 0. The van der Waals surface area contributed by atoms with Gasteiger partial charge < -0.3 is 19.8 Å². The van der Waals surface area contributed by atoms with Crippen molar-refractivity contribution in [2.45, 2.75) is 24.7 Å². The maximum atomic E-state index is 12.3. The molecular formula is C25H24N2O5. The number of ether oxygens (including phenoxy) is 1. The van der Waals surface area contributed by atoms with E-state index in [0.717, 1.165) is 19.3 Å². The average Bonchev–Trinajstić information content (AvgIpc) is 3.33. The highest BCUT2D eigenvalue weighted by molar-refractivity contribution is 6.02. The number of carbonyl (C=O) groups excluding carboxylic acids is 3. The van der Waals surface area contributed by atoms with Gasteiger partial charge >= 0.3 is 5.97 Å². The van der Waals surface area contributed by atoms with Gasteiger partial charge in [0.2, 0.25) is 0 Å². The van der Waals surface area contributed by atoms with Crippen molar-refractivity contribution >= 4 is 23.5 Å². The molecule has 7 nitrogen and oxygen atoms in total. The van der Waals surface area contributed by atoms with Crippen molar-refractivity contribution in [1.82, 2.24) is 5.32 Å². The van der Waals surface area contributed by atoms with Gasteiger partial charge in [-0.3, -0.25) is 9.59 Å². The Hall–Kier alpha value is -3.87. The molecule has 1 aromatic heterocycles. The highest BCUT2D eigenvalue weighted by atomic mass is 16.5. The number of benzene rings is 2. The first-order valence-electron chi connectivity index (χ1n) is 10.5. The molecule has 0 aliphatic heterocycles. The molecule has 0 radical (unpaired) electrons. The number of furan rings is 1. The zero-order chi connectivity index (χ0) is 22.4. The number of rotatable bonds is 8. The predicted molar refractivity (Wildman–Crippen MR) is 118 cm³/mol. The molecule has 0 saturated heterocycles. The van der Waals surface area contributed by atoms with Crippen LogP contribution in [0.2, 0.25) is 0 Å². The van der Waals surface area contributed by atoms with Crippen LogP contribution in [0.3, 0.4) is 0 Å². The first-order valence-corrected chi connectivity index (χ1v) is 10.5. The quantitative estimate of drug-likeness (QED) is 0.526. The van der Waals surface area contributed by atoms with Crippen molar-refractivity contribution < 1.29 is 23.5 Å². The molecule has 2 N–H and O–H groups in total. The molecule has 0 spiro atoms. The van der Waals surface area contributed by atoms with Crippen molar-refractivity contribution in [2.24, 2.45) is 0 Å². The van der Waals surface area contributed by atoms with Gasteiger partial charge in [0.25, 0.3) is 11.8 Å². The first kappa shape index (κ1) is 21.4. The lowest BCUT2D eigenvalue weighted by atomic mass is 9.64. The van der Waals surface area contributed by atoms with Crippen molar-refractivity contribution in [2.75, 3.05) is 18.5 Å². The highest BCUT2D eigenvalue weighted by Gasteiger charge is 2.38. The standard InChI is InChI=1S/C25H24N2O5/c28-22(26-17-25(13-5-14-25)19-6-2-1-3-7-19)16-32-24(30)18-9-11-20(12-10-18)27-23(29)21-8-4-15-31-21/h1-4,6-12,15H,5,13-14,16-17H2,(H,26,28)(H,27,29). The van der Waals surface area contributed by atoms with E-state index in [2.05, 4.69) is 22.8 Å². The van der Waals surface area contributed by atoms with Crippen LogP contribution in [-0.4, -0.2) is 30.9 Å². The van der Waals surface area contributed by atoms with E-state index in [9.17, 15) is 14.4 Å². The summed E-state index contributed by atoms with van der Waals surface area (Å²) in [5, 5.41) is 5.57. The number of nitrogens with one attached hydrogen (secondary N) is 2. The largest absolute Gasteiger partial charge is 0.459 e. The van der Waals surface area contributed by atoms with Gasteiger partial charge in [0.1, 0.15) is 0 Å². The molecule has 7 heteroatoms. The second kappa shape index (κ2) is 9.51. The fourth-order valence-corrected chi connectivity index (χ4v) is 3.79. The number of esters is 1. The maximum Gasteiger partial charge on any atom is 0.338 e. The Labute approximate surface area is 185 Å². The minimum atomic E-state index is -0.606. The van der Waals surface area contributed by atoms with Crippen LogP contribution in [0.4, 0.5) is 5.69 Å². The van der Waals surface area contributed by atoms with Crippen molar-refractivity contribution in [1.29, 1.82) is 0 Å². The van der Waals surface area contributed by atoms with Crippen LogP contribution in [0.25, 0.3) is 0 Å². The van der Waals surface area contributed by atoms with Crippen molar-refractivity contribution in [3.63, 3.8) is 0 Å². The Bertz CT molecular complexity index is 1070. The SMILES string of the molecule is O=C(COC(=O)c1ccc(NC(=O)c2ccco2)cc1)NCC1(c2ccccc2)CCC1. The number of amides is 2. The molecule has 1 aliphatic rings. The summed E-state index contributed by atoms with van der Waals surface area (Å²) < 4.78 is 10.2. The predicted octanol–water partition coefficient (Wildman–Crippen LogP) is 3.93. The van der Waals surface area contributed by atoms with Crippen LogP contribution in [0.5, 0.6) is 0 Å². The Kier molecular flexibility index (Phi) is 6.35. The Morgan fingerprint density at radius 2 is 1.69 bits per heavy atom. The molecule has 0 bridgehead atoms. The fourth-order valence-electron chi connectivity index (χ4n) is 3.79. The van der Waals surface area contributed by atoms with Crippen molar-refractivity contribution in [3.8, 4) is 0 Å². The van der Waals surface area contributed by atoms with E-state index in [1.165, 1.54) is 24.0 Å². The van der Waals surface area contributed by atoms with E-state index in [1.54, 1.807) is 24.3 Å². The van der Waals surface area contributed by atoms with Gasteiger partial charge in [-0.25, -0.2) is 4.79 Å². The van der Waals surface area contributed by atoms with Gasteiger partial charge in [-0.15, -0.1) is 0 Å². The molecule has 164 valence electrons. The number of anilines is 1. The van der Waals surface area contributed by atoms with Gasteiger partial charge in [0.05, 0.1) is 11.8 Å². The molecule has 2 amide bonds. The summed E-state index contributed by atoms with van der Waals surface area (Å²) in [4.78, 5) is 36.5. The first-order chi connectivity index (χ1) is 15.6. The molecular weight excluding hydrogens is 408 g/mol. The average molecular weight is 432 g/mol. The second-order valence-electron chi connectivity index (χ2n) is 7.86. The van der Waals surface area contributed by atoms with E-state index in [-0.39, 0.29) is 35.2 Å². The molecule has 1 aliphatic carbocycles. The summed E-state index contributed by atoms with van der Waals surface area (Å²) in [6, 6.07) is 19.6. The molecule has 0 unspecified atom stereocenters. The monoisotopic (exact) mass is 432 g/mol. The third-order valence-corrected chi connectivity index (χ3v) is 5.78. The summed E-state index contributed by atoms with van der Waals surface area (Å²) in [6.07, 6.45) is 4.61. The van der Waals surface area contributed by atoms with Crippen LogP contribution in [0.1, 0.15) is 45.7 Å². The number of carbonyl (C=O) groups is 3. The minimum Gasteiger partial charge on any atom is -0.459 e. The summed E-state index contributed by atoms with van der Waals surface area (Å²) in [6.45, 7) is 0.179. The van der Waals surface area contributed by atoms with Gasteiger partial charge in [0.15, 0.2) is 12.4 Å². The van der Waals surface area contributed by atoms with Crippen LogP contribution in [0.15, 0.2) is 77.4 Å². The highest BCUT2D eigenvalue weighted by Crippen LogP contribution is 2.43. The lowest BCUT2D eigenvalue weighted by Gasteiger charge is -2.42.